The number of benzene rings is 1. The average Bonchev–Trinajstić information content (AvgIpc) is 3.19. The van der Waals surface area contributed by atoms with E-state index in [4.69, 9.17) is 4.74 Å². The number of likely N-dealkylation sites (tertiary alicyclic amines) is 1. The first-order chi connectivity index (χ1) is 14.0. The molecular formula is C22H21N3O4. The predicted molar refractivity (Wildman–Crippen MR) is 107 cm³/mol. The summed E-state index contributed by atoms with van der Waals surface area (Å²) >= 11 is 0. The molecule has 2 aromatic rings. The molecule has 0 spiro atoms. The van der Waals surface area contributed by atoms with Gasteiger partial charge in [0.25, 0.3) is 0 Å². The Morgan fingerprint density at radius 1 is 1.17 bits per heavy atom. The van der Waals surface area contributed by atoms with Crippen LogP contribution in [0.5, 0.6) is 0 Å². The number of amides is 2. The molecule has 29 heavy (non-hydrogen) atoms. The van der Waals surface area contributed by atoms with Gasteiger partial charge in [0.2, 0.25) is 11.8 Å². The molecule has 5 rings (SSSR count). The normalized spacial score (nSPS) is 27.4. The number of imide groups is 1. The van der Waals surface area contributed by atoms with Gasteiger partial charge in [-0.25, -0.2) is 0 Å². The fourth-order valence-electron chi connectivity index (χ4n) is 5.10. The summed E-state index contributed by atoms with van der Waals surface area (Å²) < 4.78 is 5.05. The molecule has 0 radical (unpaired) electrons. The van der Waals surface area contributed by atoms with Crippen LogP contribution in [0.15, 0.2) is 36.5 Å². The molecule has 1 aromatic carbocycles. The molecule has 7 heteroatoms. The van der Waals surface area contributed by atoms with Crippen molar-refractivity contribution in [1.29, 1.82) is 0 Å². The van der Waals surface area contributed by atoms with Gasteiger partial charge in [-0.05, 0) is 18.6 Å². The Morgan fingerprint density at radius 2 is 1.97 bits per heavy atom. The van der Waals surface area contributed by atoms with Crippen molar-refractivity contribution in [2.24, 2.45) is 11.8 Å². The van der Waals surface area contributed by atoms with Crippen molar-refractivity contribution in [3.8, 4) is 0 Å². The molecule has 3 aliphatic rings. The number of ketones is 1. The maximum Gasteiger partial charge on any atom is 0.235 e. The third-order valence-electron chi connectivity index (χ3n) is 6.26. The third-order valence-corrected chi connectivity index (χ3v) is 6.26. The number of aromatic nitrogens is 1. The molecule has 0 unspecified atom stereocenters. The number of pyridine rings is 1. The molecule has 0 bridgehead atoms. The van der Waals surface area contributed by atoms with Gasteiger partial charge in [-0.3, -0.25) is 24.3 Å². The molecule has 0 aliphatic carbocycles. The molecule has 148 valence electrons. The van der Waals surface area contributed by atoms with Crippen LogP contribution in [0.2, 0.25) is 0 Å². The highest BCUT2D eigenvalue weighted by atomic mass is 16.5. The second kappa shape index (κ2) is 6.49. The lowest BCUT2D eigenvalue weighted by Gasteiger charge is -2.36. The van der Waals surface area contributed by atoms with Gasteiger partial charge in [-0.1, -0.05) is 30.4 Å². The van der Waals surface area contributed by atoms with Gasteiger partial charge in [-0.15, -0.1) is 0 Å². The highest BCUT2D eigenvalue weighted by molar-refractivity contribution is 6.12. The Bertz CT molecular complexity index is 1080. The van der Waals surface area contributed by atoms with Crippen molar-refractivity contribution in [2.75, 3.05) is 25.2 Å². The molecule has 4 atom stereocenters. The summed E-state index contributed by atoms with van der Waals surface area (Å²) in [5.41, 5.74) is 2.55. The van der Waals surface area contributed by atoms with Gasteiger partial charge in [0.15, 0.2) is 5.78 Å². The summed E-state index contributed by atoms with van der Waals surface area (Å²) in [5, 5.41) is 0.957. The number of anilines is 1. The minimum atomic E-state index is -0.690. The SMILES string of the molecule is COCCN1C(=O)[C@@H]2[C@H](C1=O)[C@H](C(C)=O)N1c3c(ccc4cccnc34)C=C[C@H]21. The van der Waals surface area contributed by atoms with Crippen LogP contribution in [0.3, 0.4) is 0 Å². The monoisotopic (exact) mass is 391 g/mol. The lowest BCUT2D eigenvalue weighted by Crippen LogP contribution is -2.48. The van der Waals surface area contributed by atoms with E-state index in [0.717, 1.165) is 22.2 Å². The number of ether oxygens (including phenoxy) is 1. The molecule has 2 fully saturated rings. The molecular weight excluding hydrogens is 370 g/mol. The van der Waals surface area contributed by atoms with Crippen molar-refractivity contribution < 1.29 is 19.1 Å². The van der Waals surface area contributed by atoms with Gasteiger partial charge in [0, 0.05) is 18.7 Å². The van der Waals surface area contributed by atoms with Crippen molar-refractivity contribution in [3.63, 3.8) is 0 Å². The first-order valence-corrected chi connectivity index (χ1v) is 9.73. The van der Waals surface area contributed by atoms with Crippen LogP contribution in [0.25, 0.3) is 17.0 Å². The number of rotatable bonds is 4. The average molecular weight is 391 g/mol. The Hall–Kier alpha value is -3.06. The van der Waals surface area contributed by atoms with Crippen LogP contribution in [0.1, 0.15) is 12.5 Å². The highest BCUT2D eigenvalue weighted by Crippen LogP contribution is 2.49. The number of carbonyl (C=O) groups excluding carboxylic acids is 3. The van der Waals surface area contributed by atoms with Crippen molar-refractivity contribution >= 4 is 40.3 Å². The first kappa shape index (κ1) is 18.0. The fraction of sp³-hybridized carbons (Fsp3) is 0.364. The largest absolute Gasteiger partial charge is 0.383 e. The lowest BCUT2D eigenvalue weighted by molar-refractivity contribution is -0.141. The number of Topliss-reactive ketones (excluding diaryl/α,β-unsaturated/α-hetero) is 1. The maximum absolute atomic E-state index is 13.2. The quantitative estimate of drug-likeness (QED) is 0.738. The van der Waals surface area contributed by atoms with E-state index < -0.39 is 17.9 Å². The molecule has 4 heterocycles. The van der Waals surface area contributed by atoms with Crippen LogP contribution in [0.4, 0.5) is 5.69 Å². The van der Waals surface area contributed by atoms with Crippen molar-refractivity contribution in [1.82, 2.24) is 9.88 Å². The van der Waals surface area contributed by atoms with Crippen LogP contribution in [-0.2, 0) is 19.1 Å². The van der Waals surface area contributed by atoms with Gasteiger partial charge < -0.3 is 9.64 Å². The van der Waals surface area contributed by atoms with Gasteiger partial charge in [0.05, 0.1) is 42.2 Å². The predicted octanol–water partition coefficient (Wildman–Crippen LogP) is 1.66. The van der Waals surface area contributed by atoms with Crippen LogP contribution in [-0.4, -0.2) is 59.8 Å². The van der Waals surface area contributed by atoms with Crippen LogP contribution < -0.4 is 4.90 Å². The lowest BCUT2D eigenvalue weighted by atomic mass is 9.88. The molecule has 2 amide bonds. The second-order valence-corrected chi connectivity index (χ2v) is 7.76. The van der Waals surface area contributed by atoms with E-state index in [1.54, 1.807) is 6.20 Å². The highest BCUT2D eigenvalue weighted by Gasteiger charge is 2.63. The molecule has 0 saturated carbocycles. The number of fused-ring (bicyclic) bond motifs is 7. The minimum absolute atomic E-state index is 0.119. The summed E-state index contributed by atoms with van der Waals surface area (Å²) in [5.74, 6) is -1.88. The van der Waals surface area contributed by atoms with E-state index in [2.05, 4.69) is 4.98 Å². The Morgan fingerprint density at radius 3 is 2.72 bits per heavy atom. The Kier molecular flexibility index (Phi) is 4.03. The van der Waals surface area contributed by atoms with E-state index >= 15 is 0 Å². The molecule has 1 aromatic heterocycles. The number of hydrogen-bond donors (Lipinski definition) is 0. The third kappa shape index (κ3) is 2.40. The van der Waals surface area contributed by atoms with E-state index in [0.29, 0.717) is 0 Å². The zero-order chi connectivity index (χ0) is 20.3. The minimum Gasteiger partial charge on any atom is -0.383 e. The summed E-state index contributed by atoms with van der Waals surface area (Å²) in [6.07, 6.45) is 5.64. The topological polar surface area (TPSA) is 79.8 Å². The van der Waals surface area contributed by atoms with Crippen molar-refractivity contribution in [3.05, 3.63) is 42.1 Å². The smallest absolute Gasteiger partial charge is 0.235 e. The van der Waals surface area contributed by atoms with Crippen molar-refractivity contribution in [2.45, 2.75) is 19.0 Å². The summed E-state index contributed by atoms with van der Waals surface area (Å²) in [7, 11) is 1.53. The van der Waals surface area contributed by atoms with Crippen LogP contribution >= 0.6 is 0 Å². The number of hydrogen-bond acceptors (Lipinski definition) is 6. The first-order valence-electron chi connectivity index (χ1n) is 9.73. The van der Waals surface area contributed by atoms with Gasteiger partial charge in [0.1, 0.15) is 6.04 Å². The maximum atomic E-state index is 13.2. The Balaban J connectivity index is 1.67. The molecule has 3 aliphatic heterocycles. The number of carbonyl (C=O) groups is 3. The molecule has 2 saturated heterocycles. The van der Waals surface area contributed by atoms with E-state index in [1.165, 1.54) is 18.9 Å². The zero-order valence-corrected chi connectivity index (χ0v) is 16.2. The van der Waals surface area contributed by atoms with E-state index in [-0.39, 0.29) is 36.8 Å². The fourth-order valence-corrected chi connectivity index (χ4v) is 5.10. The Labute approximate surface area is 167 Å². The summed E-state index contributed by atoms with van der Waals surface area (Å²) in [6, 6.07) is 6.79. The summed E-state index contributed by atoms with van der Waals surface area (Å²) in [4.78, 5) is 46.9. The van der Waals surface area contributed by atoms with E-state index in [9.17, 15) is 14.4 Å². The number of nitrogens with zero attached hydrogens (tertiary/aromatic N) is 3. The van der Waals surface area contributed by atoms with Crippen LogP contribution in [0, 0.1) is 11.8 Å². The van der Waals surface area contributed by atoms with Gasteiger partial charge >= 0.3 is 0 Å². The second-order valence-electron chi connectivity index (χ2n) is 7.76. The summed E-state index contributed by atoms with van der Waals surface area (Å²) in [6.45, 7) is 1.99. The number of methoxy groups -OCH3 is 1. The standard InChI is InChI=1S/C22H21N3O4/c1-12(26)19-17-16(21(27)24(22(17)28)10-11-29-2)15-8-7-14-6-5-13-4-3-9-23-18(13)20(14)25(15)19/h3-9,15-17,19H,10-11H2,1-2H3/t15-,16+,17+,19+/m1/s1. The van der Waals surface area contributed by atoms with E-state index in [1.807, 2.05) is 41.3 Å². The zero-order valence-electron chi connectivity index (χ0n) is 16.2. The van der Waals surface area contributed by atoms with Gasteiger partial charge in [-0.2, -0.15) is 0 Å². The molecule has 0 N–H and O–H groups in total. The molecule has 7 nitrogen and oxygen atoms in total.